The Morgan fingerprint density at radius 1 is 0.946 bits per heavy atom. The Morgan fingerprint density at radius 3 is 2.46 bits per heavy atom. The number of furan rings is 1. The second kappa shape index (κ2) is 12.1. The molecule has 0 N–H and O–H groups in total. The van der Waals surface area contributed by atoms with Gasteiger partial charge in [-0.15, -0.1) is 0 Å². The molecule has 0 bridgehead atoms. The number of benzene rings is 2. The van der Waals surface area contributed by atoms with Crippen molar-refractivity contribution in [3.8, 4) is 0 Å². The van der Waals surface area contributed by atoms with Crippen molar-refractivity contribution in [1.82, 2.24) is 9.80 Å². The average Bonchev–Trinajstić information content (AvgIpc) is 3.45. The average molecular weight is 507 g/mol. The second-order valence-electron chi connectivity index (χ2n) is 8.51. The van der Waals surface area contributed by atoms with E-state index in [1.54, 1.807) is 49.6 Å². The van der Waals surface area contributed by atoms with Gasteiger partial charge in [0, 0.05) is 26.8 Å². The summed E-state index contributed by atoms with van der Waals surface area (Å²) in [4.78, 5) is 42.5. The van der Waals surface area contributed by atoms with Crippen LogP contribution in [0.3, 0.4) is 0 Å². The van der Waals surface area contributed by atoms with Crippen molar-refractivity contribution in [3.63, 3.8) is 0 Å². The molecule has 8 nitrogen and oxygen atoms in total. The number of methoxy groups -OCH3 is 1. The zero-order valence-corrected chi connectivity index (χ0v) is 20.4. The van der Waals surface area contributed by atoms with Crippen LogP contribution in [0.2, 0.25) is 0 Å². The number of amides is 2. The van der Waals surface area contributed by atoms with Crippen LogP contribution in [0.15, 0.2) is 86.8 Å². The number of nitrogens with zero attached hydrogens (tertiary/aromatic N) is 2. The van der Waals surface area contributed by atoms with E-state index in [9.17, 15) is 18.8 Å². The zero-order valence-electron chi connectivity index (χ0n) is 20.4. The molecule has 0 aliphatic carbocycles. The topological polar surface area (TPSA) is 93.2 Å². The van der Waals surface area contributed by atoms with Crippen molar-refractivity contribution in [2.24, 2.45) is 0 Å². The van der Waals surface area contributed by atoms with E-state index in [4.69, 9.17) is 13.6 Å². The summed E-state index contributed by atoms with van der Waals surface area (Å²) in [6, 6.07) is 15.8. The summed E-state index contributed by atoms with van der Waals surface area (Å²) < 4.78 is 29.4. The Balaban J connectivity index is 1.61. The number of carbonyl (C=O) groups excluding carboxylic acids is 2. The molecule has 0 spiro atoms. The highest BCUT2D eigenvalue weighted by atomic mass is 19.1. The lowest BCUT2D eigenvalue weighted by Crippen LogP contribution is -2.43. The molecule has 2 aromatic carbocycles. The first-order valence-electron chi connectivity index (χ1n) is 11.8. The molecule has 0 aliphatic rings. The molecule has 0 atom stereocenters. The summed E-state index contributed by atoms with van der Waals surface area (Å²) >= 11 is 0. The van der Waals surface area contributed by atoms with Gasteiger partial charge in [0.15, 0.2) is 11.2 Å². The SMILES string of the molecule is COCCCN(CC(=O)N(Cc1ccc(F)cc1)Cc1coc2ccccc2c1=O)C(=O)c1ccco1. The van der Waals surface area contributed by atoms with Crippen molar-refractivity contribution in [1.29, 1.82) is 0 Å². The lowest BCUT2D eigenvalue weighted by Gasteiger charge is -2.27. The summed E-state index contributed by atoms with van der Waals surface area (Å²) in [5.41, 5.74) is 1.16. The second-order valence-corrected chi connectivity index (χ2v) is 8.51. The number of fused-ring (bicyclic) bond motifs is 1. The monoisotopic (exact) mass is 506 g/mol. The first kappa shape index (κ1) is 25.8. The number of hydrogen-bond donors (Lipinski definition) is 0. The normalized spacial score (nSPS) is 11.0. The van der Waals surface area contributed by atoms with Crippen molar-refractivity contribution in [3.05, 3.63) is 106 Å². The zero-order chi connectivity index (χ0) is 26.2. The fourth-order valence-corrected chi connectivity index (χ4v) is 3.95. The summed E-state index contributed by atoms with van der Waals surface area (Å²) in [6.07, 6.45) is 3.25. The summed E-state index contributed by atoms with van der Waals surface area (Å²) in [7, 11) is 1.56. The fraction of sp³-hybridized carbons (Fsp3) is 0.250. The highest BCUT2D eigenvalue weighted by Crippen LogP contribution is 2.15. The van der Waals surface area contributed by atoms with Crippen LogP contribution in [0.1, 0.15) is 28.1 Å². The summed E-state index contributed by atoms with van der Waals surface area (Å²) in [6.45, 7) is 0.481. The Kier molecular flexibility index (Phi) is 8.48. The van der Waals surface area contributed by atoms with Gasteiger partial charge >= 0.3 is 0 Å². The Hall–Kier alpha value is -4.24. The van der Waals surface area contributed by atoms with Gasteiger partial charge in [-0.1, -0.05) is 24.3 Å². The number of carbonyl (C=O) groups is 2. The molecular weight excluding hydrogens is 479 g/mol. The largest absolute Gasteiger partial charge is 0.464 e. The predicted molar refractivity (Wildman–Crippen MR) is 134 cm³/mol. The van der Waals surface area contributed by atoms with Crippen LogP contribution >= 0.6 is 0 Å². The predicted octanol–water partition coefficient (Wildman–Crippen LogP) is 4.23. The van der Waals surface area contributed by atoms with Crippen molar-refractivity contribution in [2.75, 3.05) is 26.8 Å². The molecule has 0 unspecified atom stereocenters. The molecule has 0 fully saturated rings. The van der Waals surface area contributed by atoms with E-state index in [1.807, 2.05) is 0 Å². The molecule has 192 valence electrons. The minimum Gasteiger partial charge on any atom is -0.464 e. The van der Waals surface area contributed by atoms with Crippen LogP contribution in [0.25, 0.3) is 11.0 Å². The van der Waals surface area contributed by atoms with Crippen LogP contribution in [0.4, 0.5) is 4.39 Å². The molecular formula is C28H27FN2O6. The first-order chi connectivity index (χ1) is 18.0. The van der Waals surface area contributed by atoms with E-state index in [0.29, 0.717) is 29.6 Å². The molecule has 0 saturated heterocycles. The van der Waals surface area contributed by atoms with Crippen LogP contribution in [-0.2, 0) is 22.6 Å². The molecule has 37 heavy (non-hydrogen) atoms. The third kappa shape index (κ3) is 6.50. The molecule has 0 aliphatic heterocycles. The lowest BCUT2D eigenvalue weighted by atomic mass is 10.1. The van der Waals surface area contributed by atoms with Gasteiger partial charge in [-0.2, -0.15) is 0 Å². The van der Waals surface area contributed by atoms with Gasteiger partial charge in [0.05, 0.1) is 30.0 Å². The van der Waals surface area contributed by atoms with E-state index in [2.05, 4.69) is 0 Å². The van der Waals surface area contributed by atoms with Gasteiger partial charge in [-0.25, -0.2) is 4.39 Å². The van der Waals surface area contributed by atoms with Crippen molar-refractivity contribution < 1.29 is 27.6 Å². The molecule has 2 heterocycles. The van der Waals surface area contributed by atoms with Gasteiger partial charge in [0.2, 0.25) is 5.91 Å². The fourth-order valence-electron chi connectivity index (χ4n) is 3.95. The van der Waals surface area contributed by atoms with Gasteiger partial charge < -0.3 is 23.4 Å². The maximum Gasteiger partial charge on any atom is 0.290 e. The van der Waals surface area contributed by atoms with E-state index < -0.39 is 17.6 Å². The van der Waals surface area contributed by atoms with Crippen molar-refractivity contribution in [2.45, 2.75) is 19.5 Å². The Bertz CT molecular complexity index is 1400. The summed E-state index contributed by atoms with van der Waals surface area (Å²) in [5, 5.41) is 0.406. The molecule has 2 aromatic heterocycles. The summed E-state index contributed by atoms with van der Waals surface area (Å²) in [5.74, 6) is -1.11. The molecule has 0 saturated carbocycles. The van der Waals surface area contributed by atoms with Gasteiger partial charge in [0.1, 0.15) is 17.9 Å². The van der Waals surface area contributed by atoms with Gasteiger partial charge in [-0.05, 0) is 48.4 Å². The number of hydrogen-bond acceptors (Lipinski definition) is 6. The molecule has 9 heteroatoms. The lowest BCUT2D eigenvalue weighted by molar-refractivity contribution is -0.133. The minimum atomic E-state index is -0.429. The maximum atomic E-state index is 13.6. The van der Waals surface area contributed by atoms with E-state index in [1.165, 1.54) is 40.5 Å². The van der Waals surface area contributed by atoms with E-state index in [0.717, 1.165) is 0 Å². The molecule has 2 amide bonds. The van der Waals surface area contributed by atoms with Gasteiger partial charge in [0.25, 0.3) is 5.91 Å². The Labute approximate surface area is 212 Å². The number of halogens is 1. The van der Waals surface area contributed by atoms with E-state index >= 15 is 0 Å². The highest BCUT2D eigenvalue weighted by molar-refractivity contribution is 5.94. The smallest absolute Gasteiger partial charge is 0.290 e. The maximum absolute atomic E-state index is 13.6. The number of para-hydroxylation sites is 1. The minimum absolute atomic E-state index is 0.0514. The number of ether oxygens (including phenoxy) is 1. The third-order valence-corrected chi connectivity index (χ3v) is 5.87. The van der Waals surface area contributed by atoms with Crippen LogP contribution in [-0.4, -0.2) is 48.4 Å². The van der Waals surface area contributed by atoms with Crippen LogP contribution in [0.5, 0.6) is 0 Å². The molecule has 4 rings (SSSR count). The number of rotatable bonds is 11. The van der Waals surface area contributed by atoms with E-state index in [-0.39, 0.29) is 42.9 Å². The van der Waals surface area contributed by atoms with Crippen LogP contribution in [0, 0.1) is 5.82 Å². The third-order valence-electron chi connectivity index (χ3n) is 5.87. The highest BCUT2D eigenvalue weighted by Gasteiger charge is 2.25. The molecule has 4 aromatic rings. The Morgan fingerprint density at radius 2 is 1.73 bits per heavy atom. The van der Waals surface area contributed by atoms with Crippen LogP contribution < -0.4 is 5.43 Å². The van der Waals surface area contributed by atoms with Gasteiger partial charge in [-0.3, -0.25) is 14.4 Å². The molecule has 0 radical (unpaired) electrons. The first-order valence-corrected chi connectivity index (χ1v) is 11.8. The standard InChI is InChI=1S/C28H27FN2O6/c1-35-14-5-13-30(28(34)25-8-4-15-36-25)18-26(32)31(16-20-9-11-22(29)12-10-20)17-21-19-37-24-7-3-2-6-23(24)27(21)33/h2-4,6-12,15,19H,5,13-14,16-18H2,1H3. The van der Waals surface area contributed by atoms with Crippen molar-refractivity contribution >= 4 is 22.8 Å². The quantitative estimate of drug-likeness (QED) is 0.283.